The van der Waals surface area contributed by atoms with Crippen LogP contribution in [0.4, 0.5) is 0 Å². The van der Waals surface area contributed by atoms with Crippen molar-refractivity contribution in [1.82, 2.24) is 5.32 Å². The van der Waals surface area contributed by atoms with Crippen molar-refractivity contribution in [3.63, 3.8) is 0 Å². The van der Waals surface area contributed by atoms with E-state index in [9.17, 15) is 4.79 Å². The largest absolute Gasteiger partial charge is 0.305 e. The van der Waals surface area contributed by atoms with Gasteiger partial charge in [0.1, 0.15) is 6.29 Å². The number of rotatable bonds is 6. The van der Waals surface area contributed by atoms with E-state index < -0.39 is 0 Å². The molecule has 0 aliphatic rings. The number of aldehydes is 1. The summed E-state index contributed by atoms with van der Waals surface area (Å²) < 4.78 is 0. The molecule has 1 N–H and O–H groups in total. The Hall–Kier alpha value is -1.93. The summed E-state index contributed by atoms with van der Waals surface area (Å²) in [7, 11) is 0. The number of benzene rings is 2. The summed E-state index contributed by atoms with van der Waals surface area (Å²) in [6, 6.07) is 20.4. The van der Waals surface area contributed by atoms with Crippen LogP contribution >= 0.6 is 0 Å². The Morgan fingerprint density at radius 2 is 1.56 bits per heavy atom. The highest BCUT2D eigenvalue weighted by atomic mass is 16.1. The van der Waals surface area contributed by atoms with Gasteiger partial charge in [-0.2, -0.15) is 0 Å². The van der Waals surface area contributed by atoms with Crippen LogP contribution in [0.1, 0.15) is 23.6 Å². The minimum atomic E-state index is 0.0870. The van der Waals surface area contributed by atoms with Crippen LogP contribution in [-0.2, 0) is 11.3 Å². The fourth-order valence-corrected chi connectivity index (χ4v) is 1.96. The van der Waals surface area contributed by atoms with Gasteiger partial charge in [-0.25, -0.2) is 0 Å². The molecule has 2 heteroatoms. The second kappa shape index (κ2) is 6.72. The van der Waals surface area contributed by atoms with E-state index in [1.807, 2.05) is 48.5 Å². The zero-order valence-electron chi connectivity index (χ0n) is 10.3. The van der Waals surface area contributed by atoms with Gasteiger partial charge in [-0.15, -0.1) is 0 Å². The van der Waals surface area contributed by atoms with E-state index in [1.165, 1.54) is 5.56 Å². The third kappa shape index (κ3) is 3.54. The topological polar surface area (TPSA) is 29.1 Å². The maximum absolute atomic E-state index is 10.8. The number of nitrogens with one attached hydrogen (secondary N) is 1. The Bertz CT molecular complexity index is 467. The molecule has 2 aromatic rings. The van der Waals surface area contributed by atoms with Gasteiger partial charge in [-0.3, -0.25) is 0 Å². The van der Waals surface area contributed by atoms with Crippen molar-refractivity contribution in [2.45, 2.75) is 19.0 Å². The fraction of sp³-hybridized carbons (Fsp3) is 0.188. The maximum atomic E-state index is 10.8. The lowest BCUT2D eigenvalue weighted by atomic mass is 10.0. The second-order valence-electron chi connectivity index (χ2n) is 4.23. The van der Waals surface area contributed by atoms with E-state index >= 15 is 0 Å². The fourth-order valence-electron chi connectivity index (χ4n) is 1.96. The van der Waals surface area contributed by atoms with Crippen molar-refractivity contribution >= 4 is 6.29 Å². The van der Waals surface area contributed by atoms with Gasteiger partial charge in [-0.05, 0) is 11.1 Å². The molecule has 0 aromatic heterocycles. The van der Waals surface area contributed by atoms with Gasteiger partial charge >= 0.3 is 0 Å². The highest BCUT2D eigenvalue weighted by molar-refractivity contribution is 5.51. The van der Waals surface area contributed by atoms with E-state index in [0.29, 0.717) is 6.42 Å². The predicted molar refractivity (Wildman–Crippen MR) is 73.1 cm³/mol. The van der Waals surface area contributed by atoms with Gasteiger partial charge in [0, 0.05) is 19.0 Å². The molecule has 0 heterocycles. The van der Waals surface area contributed by atoms with Gasteiger partial charge in [0.05, 0.1) is 0 Å². The summed E-state index contributed by atoms with van der Waals surface area (Å²) >= 11 is 0. The highest BCUT2D eigenvalue weighted by Crippen LogP contribution is 2.15. The van der Waals surface area contributed by atoms with Gasteiger partial charge in [-0.1, -0.05) is 60.7 Å². The second-order valence-corrected chi connectivity index (χ2v) is 4.23. The van der Waals surface area contributed by atoms with Crippen molar-refractivity contribution in [1.29, 1.82) is 0 Å². The first kappa shape index (κ1) is 12.5. The molecule has 0 unspecified atom stereocenters. The van der Waals surface area contributed by atoms with Crippen LogP contribution in [0.15, 0.2) is 60.7 Å². The summed E-state index contributed by atoms with van der Waals surface area (Å²) in [6.45, 7) is 0.772. The molecule has 0 saturated heterocycles. The summed E-state index contributed by atoms with van der Waals surface area (Å²) in [6.07, 6.45) is 1.46. The molecule has 1 atom stereocenters. The normalized spacial score (nSPS) is 12.0. The van der Waals surface area contributed by atoms with Crippen LogP contribution < -0.4 is 5.32 Å². The zero-order valence-corrected chi connectivity index (χ0v) is 10.3. The Balaban J connectivity index is 2.01. The third-order valence-corrected chi connectivity index (χ3v) is 2.93. The number of hydrogen-bond donors (Lipinski definition) is 1. The lowest BCUT2D eigenvalue weighted by Crippen LogP contribution is -2.21. The van der Waals surface area contributed by atoms with Crippen LogP contribution in [0.3, 0.4) is 0 Å². The van der Waals surface area contributed by atoms with Crippen molar-refractivity contribution < 1.29 is 4.79 Å². The van der Waals surface area contributed by atoms with E-state index in [4.69, 9.17) is 0 Å². The van der Waals surface area contributed by atoms with Crippen LogP contribution in [-0.4, -0.2) is 6.29 Å². The first-order valence-electron chi connectivity index (χ1n) is 6.16. The summed E-state index contributed by atoms with van der Waals surface area (Å²) in [5, 5.41) is 3.42. The molecule has 2 aromatic carbocycles. The minimum Gasteiger partial charge on any atom is -0.305 e. The standard InChI is InChI=1S/C16H17NO/c18-12-11-16(15-9-5-2-6-10-15)17-13-14-7-3-1-4-8-14/h1-10,12,16-17H,11,13H2/t16-/m1/s1. The molecule has 92 valence electrons. The summed E-state index contributed by atoms with van der Waals surface area (Å²) in [5.41, 5.74) is 2.38. The molecule has 0 fully saturated rings. The van der Waals surface area contributed by atoms with Crippen LogP contribution in [0, 0.1) is 0 Å². The van der Waals surface area contributed by atoms with E-state index in [0.717, 1.165) is 18.4 Å². The quantitative estimate of drug-likeness (QED) is 0.785. The third-order valence-electron chi connectivity index (χ3n) is 2.93. The number of carbonyl (C=O) groups excluding carboxylic acids is 1. The Morgan fingerprint density at radius 3 is 2.17 bits per heavy atom. The van der Waals surface area contributed by atoms with Crippen molar-refractivity contribution in [3.8, 4) is 0 Å². The van der Waals surface area contributed by atoms with Crippen LogP contribution in [0.2, 0.25) is 0 Å². The summed E-state index contributed by atoms with van der Waals surface area (Å²) in [4.78, 5) is 10.8. The Labute approximate surface area is 108 Å². The molecular weight excluding hydrogens is 222 g/mol. The number of carbonyl (C=O) groups is 1. The monoisotopic (exact) mass is 239 g/mol. The predicted octanol–water partition coefficient (Wildman–Crippen LogP) is 3.11. The first-order chi connectivity index (χ1) is 8.90. The maximum Gasteiger partial charge on any atom is 0.121 e. The molecule has 0 bridgehead atoms. The van der Waals surface area contributed by atoms with Crippen molar-refractivity contribution in [3.05, 3.63) is 71.8 Å². The van der Waals surface area contributed by atoms with E-state index in [1.54, 1.807) is 0 Å². The van der Waals surface area contributed by atoms with Crippen LogP contribution in [0.5, 0.6) is 0 Å². The highest BCUT2D eigenvalue weighted by Gasteiger charge is 2.09. The lowest BCUT2D eigenvalue weighted by molar-refractivity contribution is -0.108. The van der Waals surface area contributed by atoms with Crippen molar-refractivity contribution in [2.75, 3.05) is 0 Å². The lowest BCUT2D eigenvalue weighted by Gasteiger charge is -2.16. The van der Waals surface area contributed by atoms with Gasteiger partial charge < -0.3 is 10.1 Å². The molecule has 0 radical (unpaired) electrons. The molecule has 2 rings (SSSR count). The first-order valence-corrected chi connectivity index (χ1v) is 6.16. The molecule has 0 aliphatic heterocycles. The zero-order chi connectivity index (χ0) is 12.6. The van der Waals surface area contributed by atoms with Gasteiger partial charge in [0.2, 0.25) is 0 Å². The molecule has 2 nitrogen and oxygen atoms in total. The van der Waals surface area contributed by atoms with Crippen LogP contribution in [0.25, 0.3) is 0 Å². The van der Waals surface area contributed by atoms with Gasteiger partial charge in [0.15, 0.2) is 0 Å². The molecule has 0 amide bonds. The van der Waals surface area contributed by atoms with Crippen molar-refractivity contribution in [2.24, 2.45) is 0 Å². The Morgan fingerprint density at radius 1 is 0.944 bits per heavy atom. The molecule has 0 saturated carbocycles. The minimum absolute atomic E-state index is 0.0870. The van der Waals surface area contributed by atoms with Gasteiger partial charge in [0.25, 0.3) is 0 Å². The molecule has 0 spiro atoms. The average molecular weight is 239 g/mol. The SMILES string of the molecule is O=CC[C@@H](NCc1ccccc1)c1ccccc1. The average Bonchev–Trinajstić information content (AvgIpc) is 2.45. The molecular formula is C16H17NO. The smallest absolute Gasteiger partial charge is 0.121 e. The summed E-state index contributed by atoms with van der Waals surface area (Å²) in [5.74, 6) is 0. The Kier molecular flexibility index (Phi) is 4.68. The van der Waals surface area contributed by atoms with E-state index in [-0.39, 0.29) is 6.04 Å². The number of hydrogen-bond acceptors (Lipinski definition) is 2. The molecule has 18 heavy (non-hydrogen) atoms. The van der Waals surface area contributed by atoms with E-state index in [2.05, 4.69) is 17.4 Å². The molecule has 0 aliphatic carbocycles.